The largest absolute Gasteiger partial charge is 0.493 e. The predicted molar refractivity (Wildman–Crippen MR) is 94.5 cm³/mol. The number of nitrogens with one attached hydrogen (secondary N) is 1. The number of ether oxygens (including phenoxy) is 2. The Kier molecular flexibility index (Phi) is 5.59. The van der Waals surface area contributed by atoms with Crippen LogP contribution in [0.1, 0.15) is 26.5 Å². The Morgan fingerprint density at radius 1 is 1.08 bits per heavy atom. The van der Waals surface area contributed by atoms with Crippen molar-refractivity contribution in [3.8, 4) is 11.5 Å². The fourth-order valence-corrected chi connectivity index (χ4v) is 2.26. The number of hydrogen-bond acceptors (Lipinski definition) is 5. The van der Waals surface area contributed by atoms with Crippen LogP contribution in [-0.2, 0) is 0 Å². The van der Waals surface area contributed by atoms with Crippen LogP contribution in [0.3, 0.4) is 0 Å². The Morgan fingerprint density at radius 2 is 1.72 bits per heavy atom. The molecule has 1 heterocycles. The average Bonchev–Trinajstić information content (AvgIpc) is 2.60. The van der Waals surface area contributed by atoms with Gasteiger partial charge >= 0.3 is 0 Å². The number of pyridine rings is 1. The first-order valence-electron chi connectivity index (χ1n) is 7.60. The first-order chi connectivity index (χ1) is 11.9. The molecule has 0 radical (unpaired) electrons. The van der Waals surface area contributed by atoms with Crippen molar-refractivity contribution in [1.82, 2.24) is 9.88 Å². The Hall–Kier alpha value is -3.09. The van der Waals surface area contributed by atoms with E-state index in [0.29, 0.717) is 22.7 Å². The van der Waals surface area contributed by atoms with Gasteiger partial charge in [-0.15, -0.1) is 0 Å². The van der Waals surface area contributed by atoms with Crippen LogP contribution in [0.4, 0.5) is 5.69 Å². The molecule has 1 aromatic heterocycles. The molecule has 2 rings (SSSR count). The second kappa shape index (κ2) is 7.65. The number of carbonyl (C=O) groups is 2. The van der Waals surface area contributed by atoms with Gasteiger partial charge in [0.05, 0.1) is 25.5 Å². The molecule has 0 bridgehead atoms. The molecule has 2 aromatic rings. The summed E-state index contributed by atoms with van der Waals surface area (Å²) in [6.45, 7) is 1.80. The van der Waals surface area contributed by atoms with Gasteiger partial charge in [-0.25, -0.2) is 4.98 Å². The molecule has 0 aliphatic heterocycles. The predicted octanol–water partition coefficient (Wildman–Crippen LogP) is 2.36. The monoisotopic (exact) mass is 343 g/mol. The van der Waals surface area contributed by atoms with Crippen molar-refractivity contribution in [1.29, 1.82) is 0 Å². The van der Waals surface area contributed by atoms with Crippen molar-refractivity contribution in [3.05, 3.63) is 47.3 Å². The summed E-state index contributed by atoms with van der Waals surface area (Å²) in [7, 11) is 6.23. The quantitative estimate of drug-likeness (QED) is 0.901. The van der Waals surface area contributed by atoms with Gasteiger partial charge in [0, 0.05) is 25.9 Å². The number of methoxy groups -OCH3 is 2. The summed E-state index contributed by atoms with van der Waals surface area (Å²) in [6, 6.07) is 8.26. The number of hydrogen-bond donors (Lipinski definition) is 1. The van der Waals surface area contributed by atoms with Crippen molar-refractivity contribution in [3.63, 3.8) is 0 Å². The maximum absolute atomic E-state index is 12.5. The van der Waals surface area contributed by atoms with Crippen LogP contribution in [-0.4, -0.2) is 50.0 Å². The molecule has 0 atom stereocenters. The molecule has 0 spiro atoms. The summed E-state index contributed by atoms with van der Waals surface area (Å²) in [5.41, 5.74) is 1.61. The third-order valence-electron chi connectivity index (χ3n) is 3.53. The summed E-state index contributed by atoms with van der Waals surface area (Å²) < 4.78 is 10.5. The van der Waals surface area contributed by atoms with Gasteiger partial charge in [-0.3, -0.25) is 9.59 Å². The zero-order chi connectivity index (χ0) is 18.6. The molecule has 0 fully saturated rings. The zero-order valence-corrected chi connectivity index (χ0v) is 14.9. The summed E-state index contributed by atoms with van der Waals surface area (Å²) in [4.78, 5) is 30.6. The van der Waals surface area contributed by atoms with E-state index in [-0.39, 0.29) is 11.6 Å². The highest BCUT2D eigenvalue weighted by atomic mass is 16.5. The fraction of sp³-hybridized carbons (Fsp3) is 0.278. The average molecular weight is 343 g/mol. The van der Waals surface area contributed by atoms with E-state index in [1.165, 1.54) is 19.1 Å². The number of benzene rings is 1. The molecule has 0 unspecified atom stereocenters. The van der Waals surface area contributed by atoms with Gasteiger partial charge in [0.1, 0.15) is 5.69 Å². The first kappa shape index (κ1) is 18.3. The highest BCUT2D eigenvalue weighted by molar-refractivity contribution is 6.08. The fourth-order valence-electron chi connectivity index (χ4n) is 2.26. The summed E-state index contributed by atoms with van der Waals surface area (Å²) in [5, 5.41) is 2.73. The second-order valence-electron chi connectivity index (χ2n) is 5.57. The molecule has 132 valence electrons. The van der Waals surface area contributed by atoms with E-state index < -0.39 is 5.91 Å². The van der Waals surface area contributed by atoms with Gasteiger partial charge in [-0.1, -0.05) is 6.07 Å². The van der Waals surface area contributed by atoms with Crippen LogP contribution in [0.2, 0.25) is 0 Å². The lowest BCUT2D eigenvalue weighted by atomic mass is 10.1. The zero-order valence-electron chi connectivity index (χ0n) is 14.9. The SMILES string of the molecule is COc1cc(NC(=O)c2cccc(C)n2)c(C(=O)N(C)C)cc1OC. The van der Waals surface area contributed by atoms with Gasteiger partial charge in [0.15, 0.2) is 11.5 Å². The normalized spacial score (nSPS) is 10.1. The number of nitrogens with zero attached hydrogens (tertiary/aromatic N) is 2. The lowest BCUT2D eigenvalue weighted by molar-refractivity contribution is 0.0828. The van der Waals surface area contributed by atoms with Crippen LogP contribution in [0.25, 0.3) is 0 Å². The molecule has 7 heteroatoms. The standard InChI is InChI=1S/C18H21N3O4/c1-11-7-6-8-13(19-11)17(22)20-14-10-16(25-5)15(24-4)9-12(14)18(23)21(2)3/h6-10H,1-5H3,(H,20,22). The van der Waals surface area contributed by atoms with E-state index in [9.17, 15) is 9.59 Å². The molecule has 7 nitrogen and oxygen atoms in total. The number of anilines is 1. The van der Waals surface area contributed by atoms with Crippen LogP contribution in [0, 0.1) is 6.92 Å². The molecule has 0 aliphatic carbocycles. The first-order valence-corrected chi connectivity index (χ1v) is 7.60. The molecule has 2 amide bonds. The van der Waals surface area contributed by atoms with Gasteiger partial charge in [-0.05, 0) is 25.1 Å². The summed E-state index contributed by atoms with van der Waals surface area (Å²) >= 11 is 0. The van der Waals surface area contributed by atoms with Crippen LogP contribution in [0.15, 0.2) is 30.3 Å². The lowest BCUT2D eigenvalue weighted by Gasteiger charge is -2.17. The highest BCUT2D eigenvalue weighted by Crippen LogP contribution is 2.34. The molecule has 0 saturated heterocycles. The minimum atomic E-state index is -0.413. The van der Waals surface area contributed by atoms with Crippen molar-refractivity contribution in [2.75, 3.05) is 33.6 Å². The summed E-state index contributed by atoms with van der Waals surface area (Å²) in [6.07, 6.45) is 0. The Bertz CT molecular complexity index is 803. The lowest BCUT2D eigenvalue weighted by Crippen LogP contribution is -2.24. The van der Waals surface area contributed by atoms with E-state index in [1.54, 1.807) is 51.4 Å². The number of carbonyl (C=O) groups excluding carboxylic acids is 2. The Morgan fingerprint density at radius 3 is 2.28 bits per heavy atom. The molecular formula is C18H21N3O4. The Balaban J connectivity index is 2.47. The topological polar surface area (TPSA) is 80.8 Å². The molecule has 1 aromatic carbocycles. The van der Waals surface area contributed by atoms with Crippen LogP contribution < -0.4 is 14.8 Å². The van der Waals surface area contributed by atoms with Gasteiger partial charge < -0.3 is 19.7 Å². The van der Waals surface area contributed by atoms with Crippen molar-refractivity contribution >= 4 is 17.5 Å². The maximum Gasteiger partial charge on any atom is 0.274 e. The smallest absolute Gasteiger partial charge is 0.274 e. The number of rotatable bonds is 5. The van der Waals surface area contributed by atoms with E-state index >= 15 is 0 Å². The third-order valence-corrected chi connectivity index (χ3v) is 3.53. The summed E-state index contributed by atoms with van der Waals surface area (Å²) in [5.74, 6) is 0.127. The van der Waals surface area contributed by atoms with Crippen molar-refractivity contribution < 1.29 is 19.1 Å². The van der Waals surface area contributed by atoms with Crippen molar-refractivity contribution in [2.24, 2.45) is 0 Å². The van der Waals surface area contributed by atoms with Crippen LogP contribution in [0.5, 0.6) is 11.5 Å². The maximum atomic E-state index is 12.5. The number of aromatic nitrogens is 1. The number of amides is 2. The minimum Gasteiger partial charge on any atom is -0.493 e. The minimum absolute atomic E-state index is 0.262. The highest BCUT2D eigenvalue weighted by Gasteiger charge is 2.20. The van der Waals surface area contributed by atoms with Gasteiger partial charge in [0.2, 0.25) is 0 Å². The third kappa shape index (κ3) is 4.06. The Labute approximate surface area is 146 Å². The van der Waals surface area contributed by atoms with Crippen molar-refractivity contribution in [2.45, 2.75) is 6.92 Å². The van der Waals surface area contributed by atoms with E-state index in [0.717, 1.165) is 5.69 Å². The molecule has 0 aliphatic rings. The molecule has 0 saturated carbocycles. The molecular weight excluding hydrogens is 322 g/mol. The van der Waals surface area contributed by atoms with E-state index in [2.05, 4.69) is 10.3 Å². The van der Waals surface area contributed by atoms with E-state index in [1.807, 2.05) is 0 Å². The number of aryl methyl sites for hydroxylation is 1. The van der Waals surface area contributed by atoms with E-state index in [4.69, 9.17) is 9.47 Å². The van der Waals surface area contributed by atoms with Gasteiger partial charge in [0.25, 0.3) is 11.8 Å². The molecule has 1 N–H and O–H groups in total. The second-order valence-corrected chi connectivity index (χ2v) is 5.57. The van der Waals surface area contributed by atoms with Gasteiger partial charge in [-0.2, -0.15) is 0 Å². The van der Waals surface area contributed by atoms with Crippen LogP contribution >= 0.6 is 0 Å². The molecule has 25 heavy (non-hydrogen) atoms.